The van der Waals surface area contributed by atoms with Gasteiger partial charge in [-0.05, 0) is 56.2 Å². The van der Waals surface area contributed by atoms with Crippen molar-refractivity contribution in [3.05, 3.63) is 65.5 Å². The van der Waals surface area contributed by atoms with Crippen LogP contribution in [0.25, 0.3) is 11.4 Å². The molecule has 1 aliphatic carbocycles. The first-order valence-corrected chi connectivity index (χ1v) is 9.97. The Morgan fingerprint density at radius 3 is 2.38 bits per heavy atom. The van der Waals surface area contributed by atoms with E-state index in [1.54, 1.807) is 7.11 Å². The number of methoxy groups -OCH3 is 1. The third-order valence-electron chi connectivity index (χ3n) is 5.56. The first kappa shape index (κ1) is 19.2. The van der Waals surface area contributed by atoms with Crippen LogP contribution in [0.2, 0.25) is 0 Å². The number of nitrogens with zero attached hydrogens (tertiary/aromatic N) is 2. The van der Waals surface area contributed by atoms with Gasteiger partial charge in [-0.1, -0.05) is 42.1 Å². The van der Waals surface area contributed by atoms with Crippen molar-refractivity contribution in [3.8, 4) is 17.1 Å². The lowest BCUT2D eigenvalue weighted by Gasteiger charge is -2.34. The molecule has 4 rings (SSSR count). The second-order valence-electron chi connectivity index (χ2n) is 7.61. The standard InChI is InChI=1S/C23H25N3O3/c1-16-6-8-18(9-7-16)21(27)25-23(14-4-3-5-15-23)22-24-20(26-29-22)17-10-12-19(28-2)13-11-17/h6-13H,3-5,14-15H2,1-2H3,(H,25,27). The molecule has 0 aliphatic heterocycles. The summed E-state index contributed by atoms with van der Waals surface area (Å²) in [6, 6.07) is 15.1. The highest BCUT2D eigenvalue weighted by Gasteiger charge is 2.41. The Balaban J connectivity index is 1.61. The van der Waals surface area contributed by atoms with Gasteiger partial charge < -0.3 is 14.6 Å². The normalized spacial score (nSPS) is 15.7. The summed E-state index contributed by atoms with van der Waals surface area (Å²) in [5.74, 6) is 1.64. The van der Waals surface area contributed by atoms with Crippen molar-refractivity contribution < 1.29 is 14.1 Å². The highest BCUT2D eigenvalue weighted by atomic mass is 16.5. The van der Waals surface area contributed by atoms with Crippen LogP contribution in [-0.2, 0) is 5.54 Å². The molecule has 3 aromatic rings. The van der Waals surface area contributed by atoms with Crippen LogP contribution in [-0.4, -0.2) is 23.2 Å². The van der Waals surface area contributed by atoms with Crippen LogP contribution < -0.4 is 10.1 Å². The molecule has 0 atom stereocenters. The lowest BCUT2D eigenvalue weighted by molar-refractivity contribution is 0.0824. The first-order valence-electron chi connectivity index (χ1n) is 9.97. The Bertz CT molecular complexity index is 971. The average Bonchev–Trinajstić information content (AvgIpc) is 3.26. The molecule has 0 spiro atoms. The largest absolute Gasteiger partial charge is 0.497 e. The number of ether oxygens (including phenoxy) is 1. The third kappa shape index (κ3) is 4.01. The Hall–Kier alpha value is -3.15. The smallest absolute Gasteiger partial charge is 0.252 e. The van der Waals surface area contributed by atoms with Gasteiger partial charge in [-0.3, -0.25) is 4.79 Å². The lowest BCUT2D eigenvalue weighted by atomic mass is 9.81. The summed E-state index contributed by atoms with van der Waals surface area (Å²) in [7, 11) is 1.63. The fourth-order valence-corrected chi connectivity index (χ4v) is 3.82. The quantitative estimate of drug-likeness (QED) is 0.685. The van der Waals surface area contributed by atoms with Gasteiger partial charge >= 0.3 is 0 Å². The van der Waals surface area contributed by atoms with Crippen LogP contribution in [0.5, 0.6) is 5.75 Å². The maximum absolute atomic E-state index is 12.9. The van der Waals surface area contributed by atoms with Gasteiger partial charge in [-0.2, -0.15) is 4.98 Å². The van der Waals surface area contributed by atoms with Gasteiger partial charge in [0.25, 0.3) is 11.8 Å². The molecule has 1 aromatic heterocycles. The summed E-state index contributed by atoms with van der Waals surface area (Å²) >= 11 is 0. The van der Waals surface area contributed by atoms with Crippen molar-refractivity contribution in [1.82, 2.24) is 15.5 Å². The number of amides is 1. The molecule has 1 aliphatic rings. The van der Waals surface area contributed by atoms with Crippen LogP contribution in [0.1, 0.15) is 53.9 Å². The summed E-state index contributed by atoms with van der Waals surface area (Å²) in [6.07, 6.45) is 4.73. The number of rotatable bonds is 5. The Labute approximate surface area is 170 Å². The van der Waals surface area contributed by atoms with Gasteiger partial charge in [-0.25, -0.2) is 0 Å². The third-order valence-corrected chi connectivity index (χ3v) is 5.56. The average molecular weight is 391 g/mol. The van der Waals surface area contributed by atoms with Gasteiger partial charge in [0.2, 0.25) is 5.82 Å². The number of aromatic nitrogens is 2. The topological polar surface area (TPSA) is 77.3 Å². The fraction of sp³-hybridized carbons (Fsp3) is 0.348. The van der Waals surface area contributed by atoms with E-state index < -0.39 is 5.54 Å². The number of carbonyl (C=O) groups is 1. The van der Waals surface area contributed by atoms with Gasteiger partial charge in [0, 0.05) is 11.1 Å². The molecule has 1 heterocycles. The van der Waals surface area contributed by atoms with E-state index in [9.17, 15) is 4.79 Å². The van der Waals surface area contributed by atoms with Crippen LogP contribution in [0, 0.1) is 6.92 Å². The van der Waals surface area contributed by atoms with E-state index in [0.717, 1.165) is 49.0 Å². The fourth-order valence-electron chi connectivity index (χ4n) is 3.82. The van der Waals surface area contributed by atoms with E-state index in [1.807, 2.05) is 55.5 Å². The van der Waals surface area contributed by atoms with Crippen LogP contribution >= 0.6 is 0 Å². The summed E-state index contributed by atoms with van der Waals surface area (Å²) in [4.78, 5) is 17.6. The summed E-state index contributed by atoms with van der Waals surface area (Å²) in [6.45, 7) is 2.00. The molecule has 0 bridgehead atoms. The zero-order chi connectivity index (χ0) is 20.3. The SMILES string of the molecule is COc1ccc(-c2noc(C3(NC(=O)c4ccc(C)cc4)CCCCC3)n2)cc1. The molecule has 1 N–H and O–H groups in total. The van der Waals surface area contributed by atoms with E-state index in [2.05, 4.69) is 15.5 Å². The lowest BCUT2D eigenvalue weighted by Crippen LogP contribution is -2.47. The summed E-state index contributed by atoms with van der Waals surface area (Å²) in [5.41, 5.74) is 1.97. The summed E-state index contributed by atoms with van der Waals surface area (Å²) in [5, 5.41) is 7.39. The van der Waals surface area contributed by atoms with Crippen molar-refractivity contribution in [2.24, 2.45) is 0 Å². The van der Waals surface area contributed by atoms with Crippen molar-refractivity contribution in [1.29, 1.82) is 0 Å². The van der Waals surface area contributed by atoms with Gasteiger partial charge in [0.1, 0.15) is 11.3 Å². The van der Waals surface area contributed by atoms with Crippen molar-refractivity contribution in [2.45, 2.75) is 44.6 Å². The number of nitrogens with one attached hydrogen (secondary N) is 1. The van der Waals surface area contributed by atoms with E-state index in [-0.39, 0.29) is 5.91 Å². The van der Waals surface area contributed by atoms with E-state index in [0.29, 0.717) is 17.3 Å². The molecule has 29 heavy (non-hydrogen) atoms. The zero-order valence-corrected chi connectivity index (χ0v) is 16.8. The van der Waals surface area contributed by atoms with Gasteiger partial charge in [0.05, 0.1) is 7.11 Å². The molecule has 0 radical (unpaired) electrons. The highest BCUT2D eigenvalue weighted by molar-refractivity contribution is 5.94. The molecule has 6 heteroatoms. The molecular formula is C23H25N3O3. The minimum Gasteiger partial charge on any atom is -0.497 e. The minimum absolute atomic E-state index is 0.115. The molecule has 2 aromatic carbocycles. The van der Waals surface area contributed by atoms with Crippen LogP contribution in [0.4, 0.5) is 0 Å². The monoisotopic (exact) mass is 391 g/mol. The number of carbonyl (C=O) groups excluding carboxylic acids is 1. The Morgan fingerprint density at radius 1 is 1.03 bits per heavy atom. The first-order chi connectivity index (χ1) is 14.1. The molecule has 6 nitrogen and oxygen atoms in total. The molecule has 1 fully saturated rings. The molecule has 1 saturated carbocycles. The Kier molecular flexibility index (Phi) is 5.34. The maximum atomic E-state index is 12.9. The number of aryl methyl sites for hydroxylation is 1. The molecule has 0 saturated heterocycles. The Morgan fingerprint density at radius 2 is 1.72 bits per heavy atom. The minimum atomic E-state index is -0.627. The zero-order valence-electron chi connectivity index (χ0n) is 16.8. The van der Waals surface area contributed by atoms with Gasteiger partial charge in [-0.15, -0.1) is 0 Å². The number of hydrogen-bond donors (Lipinski definition) is 1. The van der Waals surface area contributed by atoms with Crippen LogP contribution in [0.15, 0.2) is 53.1 Å². The number of hydrogen-bond acceptors (Lipinski definition) is 5. The highest BCUT2D eigenvalue weighted by Crippen LogP contribution is 2.37. The maximum Gasteiger partial charge on any atom is 0.252 e. The van der Waals surface area contributed by atoms with E-state index in [4.69, 9.17) is 9.26 Å². The predicted octanol–water partition coefficient (Wildman–Crippen LogP) is 4.64. The number of benzene rings is 2. The summed E-state index contributed by atoms with van der Waals surface area (Å²) < 4.78 is 10.9. The van der Waals surface area contributed by atoms with E-state index >= 15 is 0 Å². The predicted molar refractivity (Wildman–Crippen MR) is 110 cm³/mol. The van der Waals surface area contributed by atoms with Crippen molar-refractivity contribution in [2.75, 3.05) is 7.11 Å². The van der Waals surface area contributed by atoms with E-state index in [1.165, 1.54) is 0 Å². The molecular weight excluding hydrogens is 366 g/mol. The molecule has 150 valence electrons. The van der Waals surface area contributed by atoms with Crippen LogP contribution in [0.3, 0.4) is 0 Å². The molecule has 1 amide bonds. The van der Waals surface area contributed by atoms with Crippen molar-refractivity contribution in [3.63, 3.8) is 0 Å². The van der Waals surface area contributed by atoms with Crippen molar-refractivity contribution >= 4 is 5.91 Å². The molecule has 0 unspecified atom stereocenters. The second kappa shape index (κ2) is 8.07. The second-order valence-corrected chi connectivity index (χ2v) is 7.61. The van der Waals surface area contributed by atoms with Gasteiger partial charge in [0.15, 0.2) is 0 Å².